The quantitative estimate of drug-likeness (QED) is 0.341. The fourth-order valence-electron chi connectivity index (χ4n) is 1.62. The summed E-state index contributed by atoms with van der Waals surface area (Å²) < 4.78 is 10.5. The van der Waals surface area contributed by atoms with Crippen molar-refractivity contribution in [2.24, 2.45) is 5.73 Å². The first-order valence-corrected chi connectivity index (χ1v) is 7.85. The first kappa shape index (κ1) is 17.9. The summed E-state index contributed by atoms with van der Waals surface area (Å²) in [6.45, 7) is 3.74. The smallest absolute Gasteiger partial charge is 0.434 e. The summed E-state index contributed by atoms with van der Waals surface area (Å²) in [5.41, 5.74) is 5.57. The lowest BCUT2D eigenvalue weighted by atomic mass is 9.94. The number of rotatable bonds is 6. The van der Waals surface area contributed by atoms with Crippen molar-refractivity contribution >= 4 is 34.7 Å². The van der Waals surface area contributed by atoms with Crippen LogP contribution in [0.25, 0.3) is 0 Å². The summed E-state index contributed by atoms with van der Waals surface area (Å²) in [6.07, 6.45) is 0.909. The zero-order valence-corrected chi connectivity index (χ0v) is 14.4. The third-order valence-corrected chi connectivity index (χ3v) is 3.56. The third kappa shape index (κ3) is 6.43. The number of ether oxygens (including phenoxy) is 2. The van der Waals surface area contributed by atoms with Crippen LogP contribution in [-0.2, 0) is 20.7 Å². The van der Waals surface area contributed by atoms with Gasteiger partial charge in [-0.2, -0.15) is 0 Å². The number of nitrogens with two attached hydrogens (primary N) is 1. The van der Waals surface area contributed by atoms with Crippen molar-refractivity contribution in [3.05, 3.63) is 33.4 Å². The van der Waals surface area contributed by atoms with E-state index in [1.54, 1.807) is 0 Å². The highest BCUT2D eigenvalue weighted by Crippen LogP contribution is 2.15. The zero-order chi connectivity index (χ0) is 15.9. The molecule has 1 aromatic carbocycles. The number of carbonyl (C=O) groups excluding carboxylic acids is 2. The Labute approximate surface area is 138 Å². The maximum absolute atomic E-state index is 11.9. The minimum absolute atomic E-state index is 0.237. The summed E-state index contributed by atoms with van der Waals surface area (Å²) in [6, 6.07) is 7.63. The molecule has 0 aliphatic carbocycles. The van der Waals surface area contributed by atoms with Crippen molar-refractivity contribution in [1.82, 2.24) is 0 Å². The molecule has 0 aromatic heterocycles. The van der Waals surface area contributed by atoms with Gasteiger partial charge in [0, 0.05) is 9.99 Å². The lowest BCUT2D eigenvalue weighted by Gasteiger charge is -2.21. The summed E-state index contributed by atoms with van der Waals surface area (Å²) in [7, 11) is 0. The molecule has 1 rings (SSSR count). The molecule has 0 saturated heterocycles. The van der Waals surface area contributed by atoms with E-state index in [1.165, 1.54) is 6.92 Å². The first-order chi connectivity index (χ1) is 9.85. The van der Waals surface area contributed by atoms with Gasteiger partial charge in [0.05, 0.1) is 6.61 Å². The first-order valence-electron chi connectivity index (χ1n) is 6.77. The SMILES string of the molecule is CCCCOC(=O)OC(=O)C(C)(N)Cc1ccc(I)cc1. The van der Waals surface area contributed by atoms with E-state index in [-0.39, 0.29) is 13.0 Å². The van der Waals surface area contributed by atoms with Gasteiger partial charge in [-0.3, -0.25) is 0 Å². The lowest BCUT2D eigenvalue weighted by Crippen LogP contribution is -2.48. The Kier molecular flexibility index (Phi) is 7.10. The van der Waals surface area contributed by atoms with Crippen LogP contribution in [0.1, 0.15) is 32.3 Å². The van der Waals surface area contributed by atoms with Crippen LogP contribution in [0.2, 0.25) is 0 Å². The Morgan fingerprint density at radius 2 is 1.90 bits per heavy atom. The van der Waals surface area contributed by atoms with Crippen LogP contribution in [0.15, 0.2) is 24.3 Å². The van der Waals surface area contributed by atoms with Crippen LogP contribution >= 0.6 is 22.6 Å². The maximum Gasteiger partial charge on any atom is 0.516 e. The van der Waals surface area contributed by atoms with Gasteiger partial charge in [-0.05, 0) is 53.6 Å². The third-order valence-electron chi connectivity index (χ3n) is 2.84. The maximum atomic E-state index is 11.9. The van der Waals surface area contributed by atoms with Crippen LogP contribution in [0.4, 0.5) is 4.79 Å². The molecule has 0 heterocycles. The molecule has 21 heavy (non-hydrogen) atoms. The van der Waals surface area contributed by atoms with E-state index >= 15 is 0 Å². The number of halogens is 1. The Bertz CT molecular complexity index is 485. The molecule has 1 atom stereocenters. The topological polar surface area (TPSA) is 78.6 Å². The van der Waals surface area contributed by atoms with E-state index < -0.39 is 17.7 Å². The molecule has 0 amide bonds. The number of hydrogen-bond acceptors (Lipinski definition) is 5. The summed E-state index contributed by atoms with van der Waals surface area (Å²) in [4.78, 5) is 23.3. The minimum Gasteiger partial charge on any atom is -0.434 e. The van der Waals surface area contributed by atoms with E-state index in [0.29, 0.717) is 0 Å². The zero-order valence-electron chi connectivity index (χ0n) is 12.2. The number of esters is 1. The van der Waals surface area contributed by atoms with Gasteiger partial charge in [-0.15, -0.1) is 0 Å². The molecule has 1 aromatic rings. The normalized spacial score (nSPS) is 13.3. The van der Waals surface area contributed by atoms with Crippen molar-refractivity contribution in [3.63, 3.8) is 0 Å². The van der Waals surface area contributed by atoms with Gasteiger partial charge >= 0.3 is 12.1 Å². The molecule has 0 saturated carbocycles. The van der Waals surface area contributed by atoms with Gasteiger partial charge in [0.1, 0.15) is 5.54 Å². The molecular weight excluding hydrogens is 385 g/mol. The molecule has 0 radical (unpaired) electrons. The van der Waals surface area contributed by atoms with E-state index in [0.717, 1.165) is 22.0 Å². The highest BCUT2D eigenvalue weighted by Gasteiger charge is 2.32. The lowest BCUT2D eigenvalue weighted by molar-refractivity contribution is -0.145. The molecule has 6 heteroatoms. The fraction of sp³-hybridized carbons (Fsp3) is 0.467. The van der Waals surface area contributed by atoms with Gasteiger partial charge in [0.2, 0.25) is 0 Å². The number of unbranched alkanes of at least 4 members (excludes halogenated alkanes) is 1. The molecule has 116 valence electrons. The Morgan fingerprint density at radius 3 is 2.48 bits per heavy atom. The summed E-state index contributed by atoms with van der Waals surface area (Å²) >= 11 is 2.19. The number of hydrogen-bond donors (Lipinski definition) is 1. The van der Waals surface area contributed by atoms with Crippen LogP contribution in [0.3, 0.4) is 0 Å². The van der Waals surface area contributed by atoms with Crippen LogP contribution < -0.4 is 5.73 Å². The van der Waals surface area contributed by atoms with Crippen molar-refractivity contribution in [3.8, 4) is 0 Å². The van der Waals surface area contributed by atoms with Gasteiger partial charge in [0.25, 0.3) is 0 Å². The molecule has 0 aliphatic heterocycles. The standard InChI is InChI=1S/C15H20INO4/c1-3-4-9-20-14(19)21-13(18)15(2,17)10-11-5-7-12(16)8-6-11/h5-8H,3-4,9-10,17H2,1-2H3. The van der Waals surface area contributed by atoms with Crippen molar-refractivity contribution < 1.29 is 19.1 Å². The van der Waals surface area contributed by atoms with E-state index in [9.17, 15) is 9.59 Å². The van der Waals surface area contributed by atoms with Gasteiger partial charge in [0.15, 0.2) is 0 Å². The highest BCUT2D eigenvalue weighted by molar-refractivity contribution is 14.1. The Hall–Kier alpha value is -1.15. The molecule has 0 spiro atoms. The highest BCUT2D eigenvalue weighted by atomic mass is 127. The molecule has 0 bridgehead atoms. The molecule has 5 nitrogen and oxygen atoms in total. The van der Waals surface area contributed by atoms with Crippen LogP contribution in [0.5, 0.6) is 0 Å². The number of carbonyl (C=O) groups is 2. The predicted molar refractivity (Wildman–Crippen MR) is 87.8 cm³/mol. The van der Waals surface area contributed by atoms with E-state index in [4.69, 9.17) is 10.5 Å². The second-order valence-electron chi connectivity index (χ2n) is 5.06. The average molecular weight is 405 g/mol. The van der Waals surface area contributed by atoms with Crippen molar-refractivity contribution in [1.29, 1.82) is 0 Å². The number of benzene rings is 1. The molecular formula is C15H20INO4. The van der Waals surface area contributed by atoms with Crippen molar-refractivity contribution in [2.45, 2.75) is 38.6 Å². The van der Waals surface area contributed by atoms with E-state index in [1.807, 2.05) is 31.2 Å². The molecule has 2 N–H and O–H groups in total. The predicted octanol–water partition coefficient (Wildman–Crippen LogP) is 3.03. The average Bonchev–Trinajstić information content (AvgIpc) is 2.41. The monoisotopic (exact) mass is 405 g/mol. The Balaban J connectivity index is 2.54. The van der Waals surface area contributed by atoms with Crippen LogP contribution in [0, 0.1) is 3.57 Å². The molecule has 0 aliphatic rings. The summed E-state index contributed by atoms with van der Waals surface area (Å²) in [5, 5.41) is 0. The molecule has 1 unspecified atom stereocenters. The minimum atomic E-state index is -1.28. The molecule has 0 fully saturated rings. The van der Waals surface area contributed by atoms with Crippen molar-refractivity contribution in [2.75, 3.05) is 6.61 Å². The second kappa shape index (κ2) is 8.33. The Morgan fingerprint density at radius 1 is 1.29 bits per heavy atom. The van der Waals surface area contributed by atoms with Gasteiger partial charge in [-0.1, -0.05) is 25.5 Å². The fourth-order valence-corrected chi connectivity index (χ4v) is 1.98. The van der Waals surface area contributed by atoms with Crippen LogP contribution in [-0.4, -0.2) is 24.3 Å². The van der Waals surface area contributed by atoms with Gasteiger partial charge in [-0.25, -0.2) is 9.59 Å². The largest absolute Gasteiger partial charge is 0.516 e. The summed E-state index contributed by atoms with van der Waals surface area (Å²) in [5.74, 6) is -0.789. The second-order valence-corrected chi connectivity index (χ2v) is 6.31. The van der Waals surface area contributed by atoms with E-state index in [2.05, 4.69) is 27.3 Å². The van der Waals surface area contributed by atoms with Gasteiger partial charge < -0.3 is 15.2 Å².